The number of aliphatic hydroxyl groups is 5. The highest BCUT2D eigenvalue weighted by Gasteiger charge is 2.44. The van der Waals surface area contributed by atoms with Crippen LogP contribution in [0.3, 0.4) is 0 Å². The molecule has 0 spiro atoms. The number of nitrogens with one attached hydrogen (secondary N) is 1. The van der Waals surface area contributed by atoms with Crippen molar-refractivity contribution in [3.8, 4) is 0 Å². The van der Waals surface area contributed by atoms with Gasteiger partial charge in [-0.15, -0.1) is 0 Å². The van der Waals surface area contributed by atoms with E-state index in [1.807, 2.05) is 6.08 Å². The minimum atomic E-state index is -1.57. The number of amides is 1. The number of hydrogen-bond acceptors (Lipinski definition) is 10. The summed E-state index contributed by atoms with van der Waals surface area (Å²) < 4.78 is 16.7. The van der Waals surface area contributed by atoms with Crippen LogP contribution < -0.4 is 5.32 Å². The van der Waals surface area contributed by atoms with Crippen molar-refractivity contribution in [1.82, 2.24) is 5.32 Å². The largest absolute Gasteiger partial charge is 0.466 e. The molecule has 1 amide bonds. The molecule has 0 radical (unpaired) electrons. The van der Waals surface area contributed by atoms with Crippen molar-refractivity contribution >= 4 is 11.9 Å². The third-order valence-electron chi connectivity index (χ3n) is 18.8. The zero-order valence-electron chi connectivity index (χ0n) is 58.7. The molecule has 0 aromatic heterocycles. The minimum Gasteiger partial charge on any atom is -0.466 e. The molecular formula is C78H149NO10. The Morgan fingerprint density at radius 2 is 0.719 bits per heavy atom. The Labute approximate surface area is 550 Å². The van der Waals surface area contributed by atoms with E-state index in [2.05, 4.69) is 31.3 Å². The average molecular weight is 1260 g/mol. The van der Waals surface area contributed by atoms with Crippen molar-refractivity contribution in [1.29, 1.82) is 0 Å². The maximum atomic E-state index is 13.0. The lowest BCUT2D eigenvalue weighted by atomic mass is 9.99. The predicted molar refractivity (Wildman–Crippen MR) is 375 cm³/mol. The molecule has 6 N–H and O–H groups in total. The molecule has 7 unspecified atom stereocenters. The summed E-state index contributed by atoms with van der Waals surface area (Å²) in [4.78, 5) is 25.1. The highest BCUT2D eigenvalue weighted by molar-refractivity contribution is 5.76. The van der Waals surface area contributed by atoms with Crippen LogP contribution in [0.2, 0.25) is 0 Å². The van der Waals surface area contributed by atoms with Gasteiger partial charge in [-0.25, -0.2) is 0 Å². The van der Waals surface area contributed by atoms with Gasteiger partial charge in [-0.1, -0.05) is 353 Å². The predicted octanol–water partition coefficient (Wildman–Crippen LogP) is 20.8. The molecule has 89 heavy (non-hydrogen) atoms. The first-order valence-electron chi connectivity index (χ1n) is 39.1. The molecular weight excluding hydrogens is 1110 g/mol. The van der Waals surface area contributed by atoms with Gasteiger partial charge in [0.15, 0.2) is 6.29 Å². The van der Waals surface area contributed by atoms with Crippen LogP contribution in [0.25, 0.3) is 0 Å². The summed E-state index contributed by atoms with van der Waals surface area (Å²) in [6, 6.07) is -0.805. The standard InChI is InChI=1S/C78H149NO10/c1-3-5-7-9-11-13-14-15-16-36-40-43-46-50-54-58-62-66-74(83)87-67-63-59-55-51-47-44-41-38-35-33-31-29-27-25-23-21-19-17-18-20-22-24-26-28-30-32-34-37-39-42-45-49-53-57-61-65-73(82)79-70(71(81)64-60-56-52-48-12-10-8-6-4-2)69-88-78-77(86)76(85)75(84)72(68-80)89-78/h19,21,60,64,70-72,75-78,80-81,84-86H,3-18,20,22-59,61-63,65-69H2,1-2H3,(H,79,82)/b21-19-,64-60+. The first kappa shape index (κ1) is 85.2. The smallest absolute Gasteiger partial charge is 0.305 e. The normalized spacial score (nSPS) is 17.8. The molecule has 0 aromatic rings. The lowest BCUT2D eigenvalue weighted by Crippen LogP contribution is -2.60. The van der Waals surface area contributed by atoms with Crippen molar-refractivity contribution in [2.24, 2.45) is 0 Å². The van der Waals surface area contributed by atoms with Gasteiger partial charge < -0.3 is 45.1 Å². The van der Waals surface area contributed by atoms with Crippen LogP contribution >= 0.6 is 0 Å². The number of carbonyl (C=O) groups excluding carboxylic acids is 2. The molecule has 7 atom stereocenters. The van der Waals surface area contributed by atoms with E-state index in [9.17, 15) is 35.1 Å². The van der Waals surface area contributed by atoms with Gasteiger partial charge in [0.25, 0.3) is 0 Å². The number of hydrogen-bond donors (Lipinski definition) is 6. The van der Waals surface area contributed by atoms with Crippen molar-refractivity contribution in [2.45, 2.75) is 442 Å². The fourth-order valence-corrected chi connectivity index (χ4v) is 12.7. The quantitative estimate of drug-likeness (QED) is 0.0195. The molecule has 11 heteroatoms. The molecule has 0 bridgehead atoms. The summed E-state index contributed by atoms with van der Waals surface area (Å²) in [5, 5.41) is 54.3. The van der Waals surface area contributed by atoms with Crippen LogP contribution in [0.15, 0.2) is 24.3 Å². The Bertz CT molecular complexity index is 1530. The Balaban J connectivity index is 1.86. The molecule has 1 aliphatic heterocycles. The van der Waals surface area contributed by atoms with E-state index in [4.69, 9.17) is 14.2 Å². The second kappa shape index (κ2) is 67.6. The van der Waals surface area contributed by atoms with Crippen LogP contribution in [0.1, 0.15) is 399 Å². The van der Waals surface area contributed by atoms with Gasteiger partial charge in [0.1, 0.15) is 24.4 Å². The lowest BCUT2D eigenvalue weighted by Gasteiger charge is -2.40. The van der Waals surface area contributed by atoms with Gasteiger partial charge in [0, 0.05) is 12.8 Å². The molecule has 0 aliphatic carbocycles. The zero-order chi connectivity index (χ0) is 64.4. The molecule has 1 fully saturated rings. The number of carbonyl (C=O) groups is 2. The number of ether oxygens (including phenoxy) is 3. The highest BCUT2D eigenvalue weighted by atomic mass is 16.7. The molecule has 1 saturated heterocycles. The third-order valence-corrected chi connectivity index (χ3v) is 18.8. The van der Waals surface area contributed by atoms with Crippen molar-refractivity contribution in [3.05, 3.63) is 24.3 Å². The minimum absolute atomic E-state index is 0.0183. The van der Waals surface area contributed by atoms with Crippen LogP contribution in [0.5, 0.6) is 0 Å². The van der Waals surface area contributed by atoms with E-state index < -0.39 is 49.5 Å². The van der Waals surface area contributed by atoms with E-state index in [0.29, 0.717) is 19.4 Å². The number of unbranched alkanes of at least 4 members (excludes halogenated alkanes) is 54. The molecule has 0 aromatic carbocycles. The second-order valence-corrected chi connectivity index (χ2v) is 27.4. The summed E-state index contributed by atoms with van der Waals surface area (Å²) in [6.45, 7) is 4.37. The third kappa shape index (κ3) is 56.2. The Hall–Kier alpha value is -1.86. The number of allylic oxidation sites excluding steroid dienone is 3. The Morgan fingerprint density at radius 1 is 0.404 bits per heavy atom. The van der Waals surface area contributed by atoms with E-state index in [-0.39, 0.29) is 18.5 Å². The van der Waals surface area contributed by atoms with Crippen LogP contribution in [0, 0.1) is 0 Å². The van der Waals surface area contributed by atoms with Crippen LogP contribution in [0.4, 0.5) is 0 Å². The molecule has 1 aliphatic rings. The monoisotopic (exact) mass is 1260 g/mol. The number of rotatable bonds is 70. The van der Waals surface area contributed by atoms with Gasteiger partial charge in [0.2, 0.25) is 5.91 Å². The van der Waals surface area contributed by atoms with E-state index in [1.165, 1.54) is 321 Å². The average Bonchev–Trinajstić information content (AvgIpc) is 1.92. The van der Waals surface area contributed by atoms with E-state index in [0.717, 1.165) is 51.4 Å². The Kier molecular flexibility index (Phi) is 64.6. The van der Waals surface area contributed by atoms with Crippen molar-refractivity contribution < 1.29 is 49.3 Å². The fraction of sp³-hybridized carbons (Fsp3) is 0.923. The fourth-order valence-electron chi connectivity index (χ4n) is 12.7. The van der Waals surface area contributed by atoms with Gasteiger partial charge in [-0.2, -0.15) is 0 Å². The maximum absolute atomic E-state index is 13.0. The summed E-state index contributed by atoms with van der Waals surface area (Å²) in [7, 11) is 0. The van der Waals surface area contributed by atoms with Crippen LogP contribution in [-0.4, -0.2) is 100 Å². The topological polar surface area (TPSA) is 175 Å². The van der Waals surface area contributed by atoms with Gasteiger partial charge in [0.05, 0.1) is 32.0 Å². The zero-order valence-corrected chi connectivity index (χ0v) is 58.7. The van der Waals surface area contributed by atoms with Gasteiger partial charge in [-0.3, -0.25) is 9.59 Å². The lowest BCUT2D eigenvalue weighted by molar-refractivity contribution is -0.302. The van der Waals surface area contributed by atoms with E-state index in [1.54, 1.807) is 6.08 Å². The SMILES string of the molecule is CCCCCCCCC/C=C/C(O)C(COC1OC(CO)C(O)C(O)C1O)NC(=O)CCCCCCCCCCCCCCCCCCC/C=C\CCCCCCCCCCCCCCCCOC(=O)CCCCCCCCCCCCCCCCCCC. The van der Waals surface area contributed by atoms with E-state index >= 15 is 0 Å². The first-order valence-corrected chi connectivity index (χ1v) is 39.1. The maximum Gasteiger partial charge on any atom is 0.305 e. The van der Waals surface area contributed by atoms with Gasteiger partial charge >= 0.3 is 5.97 Å². The summed E-state index contributed by atoms with van der Waals surface area (Å²) >= 11 is 0. The summed E-state index contributed by atoms with van der Waals surface area (Å²) in [5.41, 5.74) is 0. The number of aliphatic hydroxyl groups excluding tert-OH is 5. The summed E-state index contributed by atoms with van der Waals surface area (Å²) in [5.74, 6) is -0.160. The van der Waals surface area contributed by atoms with Crippen molar-refractivity contribution in [2.75, 3.05) is 19.8 Å². The van der Waals surface area contributed by atoms with Crippen molar-refractivity contribution in [3.63, 3.8) is 0 Å². The molecule has 1 rings (SSSR count). The number of esters is 1. The molecule has 11 nitrogen and oxygen atoms in total. The molecule has 526 valence electrons. The summed E-state index contributed by atoms with van der Waals surface area (Å²) in [6.07, 6.45) is 76.5. The Morgan fingerprint density at radius 3 is 1.08 bits per heavy atom. The first-order chi connectivity index (χ1) is 43.7. The second-order valence-electron chi connectivity index (χ2n) is 27.4. The molecule has 1 heterocycles. The van der Waals surface area contributed by atoms with Crippen LogP contribution in [-0.2, 0) is 23.8 Å². The highest BCUT2D eigenvalue weighted by Crippen LogP contribution is 2.24. The van der Waals surface area contributed by atoms with Gasteiger partial charge in [-0.05, 0) is 57.8 Å². The molecule has 0 saturated carbocycles.